The Kier molecular flexibility index (Phi) is 55.9. The van der Waals surface area contributed by atoms with Gasteiger partial charge in [-0.1, -0.05) is 237 Å². The fraction of sp³-hybridized carbons (Fsp3) is 0.600. The molecule has 424 valence electrons. The van der Waals surface area contributed by atoms with Crippen LogP contribution in [-0.2, 0) is 32.7 Å². The molecule has 2 atom stereocenters. The van der Waals surface area contributed by atoms with Gasteiger partial charge in [0.2, 0.25) is 0 Å². The summed E-state index contributed by atoms with van der Waals surface area (Å²) in [5.41, 5.74) is 5.37. The van der Waals surface area contributed by atoms with Crippen LogP contribution in [0.2, 0.25) is 0 Å². The zero-order valence-electron chi connectivity index (χ0n) is 47.2. The SMILES string of the molecule is CC/C=C\C/C=C\C/C=C\C/C=C\C/C=C\C/C=C\C/C=C\C/C=C\CCCCCCCCCCCCCCCCC(=O)OC(COC(=O)CCCC/C=C\C/C=C\C/C=C\C/C=C\CC)COP(=O)(O)OCCN. The molecule has 0 rings (SSSR count). The molecule has 0 aliphatic heterocycles. The van der Waals surface area contributed by atoms with Gasteiger partial charge < -0.3 is 20.1 Å². The Morgan fingerprint density at radius 1 is 0.400 bits per heavy atom. The van der Waals surface area contributed by atoms with E-state index >= 15 is 0 Å². The number of rotatable bonds is 53. The van der Waals surface area contributed by atoms with Crippen LogP contribution in [0, 0.1) is 0 Å². The number of nitrogens with two attached hydrogens (primary N) is 1. The highest BCUT2D eigenvalue weighted by Crippen LogP contribution is 2.43. The Hall–Kier alpha value is -4.11. The third-order valence-electron chi connectivity index (χ3n) is 11.7. The zero-order valence-corrected chi connectivity index (χ0v) is 48.1. The van der Waals surface area contributed by atoms with Gasteiger partial charge in [0.05, 0.1) is 13.2 Å². The molecule has 2 unspecified atom stereocenters. The largest absolute Gasteiger partial charge is 0.472 e. The average molecular weight is 1060 g/mol. The molecule has 0 bridgehead atoms. The number of unbranched alkanes of at least 4 members (excludes halogenated alkanes) is 16. The van der Waals surface area contributed by atoms with Gasteiger partial charge in [0.1, 0.15) is 6.61 Å². The smallest absolute Gasteiger partial charge is 0.462 e. The van der Waals surface area contributed by atoms with Crippen molar-refractivity contribution in [3.05, 3.63) is 146 Å². The molecule has 3 N–H and O–H groups in total. The lowest BCUT2D eigenvalue weighted by atomic mass is 10.0. The van der Waals surface area contributed by atoms with Crippen molar-refractivity contribution in [2.45, 2.75) is 225 Å². The van der Waals surface area contributed by atoms with Gasteiger partial charge in [0, 0.05) is 19.4 Å². The lowest BCUT2D eigenvalue weighted by Gasteiger charge is -2.19. The van der Waals surface area contributed by atoms with Crippen LogP contribution in [0.25, 0.3) is 0 Å². The molecular formula is C65H106NO8P. The summed E-state index contributed by atoms with van der Waals surface area (Å²) in [5, 5.41) is 0. The monoisotopic (exact) mass is 1060 g/mol. The van der Waals surface area contributed by atoms with Crippen molar-refractivity contribution < 1.29 is 37.6 Å². The Morgan fingerprint density at radius 2 is 0.693 bits per heavy atom. The van der Waals surface area contributed by atoms with Crippen molar-refractivity contribution in [2.24, 2.45) is 5.73 Å². The average Bonchev–Trinajstić information content (AvgIpc) is 3.40. The topological polar surface area (TPSA) is 134 Å². The maximum absolute atomic E-state index is 12.7. The van der Waals surface area contributed by atoms with Gasteiger partial charge in [-0.3, -0.25) is 18.6 Å². The molecular weight excluding hydrogens is 954 g/mol. The molecule has 75 heavy (non-hydrogen) atoms. The Balaban J connectivity index is 3.94. The number of esters is 2. The first-order chi connectivity index (χ1) is 36.8. The highest BCUT2D eigenvalue weighted by Gasteiger charge is 2.26. The summed E-state index contributed by atoms with van der Waals surface area (Å²) in [7, 11) is -4.40. The van der Waals surface area contributed by atoms with Crippen molar-refractivity contribution in [1.29, 1.82) is 0 Å². The van der Waals surface area contributed by atoms with Gasteiger partial charge in [0.25, 0.3) is 0 Å². The van der Waals surface area contributed by atoms with Crippen LogP contribution < -0.4 is 5.73 Å². The summed E-state index contributed by atoms with van der Waals surface area (Å²) < 4.78 is 32.9. The van der Waals surface area contributed by atoms with Crippen LogP contribution in [0.5, 0.6) is 0 Å². The summed E-state index contributed by atoms with van der Waals surface area (Å²) in [5.74, 6) is -0.885. The number of allylic oxidation sites excluding steroid dienone is 24. The maximum Gasteiger partial charge on any atom is 0.472 e. The van der Waals surface area contributed by atoms with Gasteiger partial charge in [-0.15, -0.1) is 0 Å². The fourth-order valence-corrected chi connectivity index (χ4v) is 8.23. The summed E-state index contributed by atoms with van der Waals surface area (Å²) >= 11 is 0. The highest BCUT2D eigenvalue weighted by molar-refractivity contribution is 7.47. The van der Waals surface area contributed by atoms with Gasteiger partial charge >= 0.3 is 19.8 Å². The molecule has 0 aromatic heterocycles. The first kappa shape index (κ1) is 70.9. The van der Waals surface area contributed by atoms with E-state index in [0.717, 1.165) is 109 Å². The van der Waals surface area contributed by atoms with Crippen LogP contribution in [0.1, 0.15) is 219 Å². The van der Waals surface area contributed by atoms with E-state index in [2.05, 4.69) is 160 Å². The maximum atomic E-state index is 12.7. The standard InChI is InChI=1S/C65H106NO8P/c1-3-5-7-9-11-13-15-17-19-20-21-22-23-24-25-26-27-28-29-30-31-32-33-34-35-36-37-38-39-40-41-42-44-46-48-50-52-54-56-58-65(68)74-63(62-73-75(69,70)72-60-59-66)61-71-64(67)57-55-53-51-49-47-45-43-18-16-14-12-10-8-6-4-2/h5-8,11-14,17-19,21-22,24-25,27-28,30-31,33-34,43,47,49,63H,3-4,9-10,15-16,20,23,26,29,32,35-42,44-46,48,50-62,66H2,1-2H3,(H,69,70)/b7-5-,8-6-,13-11-,14-12-,19-17-,22-21-,25-24-,28-27-,31-30-,34-33-,43-18-,49-47-. The number of hydrogen-bond acceptors (Lipinski definition) is 8. The molecule has 0 amide bonds. The van der Waals surface area contributed by atoms with Gasteiger partial charge in [-0.25, -0.2) is 4.57 Å². The first-order valence-corrected chi connectivity index (χ1v) is 30.8. The molecule has 0 heterocycles. The molecule has 0 saturated heterocycles. The second kappa shape index (κ2) is 59.1. The van der Waals surface area contributed by atoms with Crippen LogP contribution in [0.4, 0.5) is 0 Å². The third-order valence-corrected chi connectivity index (χ3v) is 12.7. The minimum Gasteiger partial charge on any atom is -0.462 e. The molecule has 0 aromatic rings. The number of carbonyl (C=O) groups excluding carboxylic acids is 2. The van der Waals surface area contributed by atoms with Crippen molar-refractivity contribution in [1.82, 2.24) is 0 Å². The molecule has 0 fully saturated rings. The lowest BCUT2D eigenvalue weighted by Crippen LogP contribution is -2.29. The number of hydrogen-bond donors (Lipinski definition) is 2. The first-order valence-electron chi connectivity index (χ1n) is 29.3. The predicted octanol–water partition coefficient (Wildman–Crippen LogP) is 18.7. The molecule has 10 heteroatoms. The molecule has 0 aliphatic rings. The minimum absolute atomic E-state index is 0.0411. The van der Waals surface area contributed by atoms with E-state index in [0.29, 0.717) is 12.8 Å². The van der Waals surface area contributed by atoms with Crippen LogP contribution in [0.15, 0.2) is 146 Å². The van der Waals surface area contributed by atoms with E-state index in [-0.39, 0.29) is 32.6 Å². The van der Waals surface area contributed by atoms with Gasteiger partial charge in [-0.05, 0) is 116 Å². The molecule has 0 aromatic carbocycles. The molecule has 0 aliphatic carbocycles. The zero-order chi connectivity index (χ0) is 54.5. The summed E-state index contributed by atoms with van der Waals surface area (Å²) in [6, 6.07) is 0. The minimum atomic E-state index is -4.40. The summed E-state index contributed by atoms with van der Waals surface area (Å²) in [4.78, 5) is 35.1. The van der Waals surface area contributed by atoms with Crippen molar-refractivity contribution in [3.63, 3.8) is 0 Å². The Labute approximate surface area is 458 Å². The second-order valence-electron chi connectivity index (χ2n) is 18.7. The van der Waals surface area contributed by atoms with Crippen molar-refractivity contribution >= 4 is 19.8 Å². The Morgan fingerprint density at radius 3 is 1.05 bits per heavy atom. The number of phosphoric acid groups is 1. The molecule has 0 saturated carbocycles. The summed E-state index contributed by atoms with van der Waals surface area (Å²) in [6.07, 6.45) is 84.9. The second-order valence-corrected chi connectivity index (χ2v) is 20.2. The van der Waals surface area contributed by atoms with E-state index in [9.17, 15) is 19.0 Å². The molecule has 0 spiro atoms. The van der Waals surface area contributed by atoms with Crippen LogP contribution in [-0.4, -0.2) is 49.3 Å². The third kappa shape index (κ3) is 59.0. The number of carbonyl (C=O) groups is 2. The van der Waals surface area contributed by atoms with Crippen LogP contribution in [0.3, 0.4) is 0 Å². The number of phosphoric ester groups is 1. The quantitative estimate of drug-likeness (QED) is 0.0264. The molecule has 9 nitrogen and oxygen atoms in total. The predicted molar refractivity (Wildman–Crippen MR) is 320 cm³/mol. The van der Waals surface area contributed by atoms with E-state index in [4.69, 9.17) is 24.3 Å². The fourth-order valence-electron chi connectivity index (χ4n) is 7.47. The van der Waals surface area contributed by atoms with E-state index < -0.39 is 32.5 Å². The van der Waals surface area contributed by atoms with Gasteiger partial charge in [0.15, 0.2) is 6.10 Å². The lowest BCUT2D eigenvalue weighted by molar-refractivity contribution is -0.161. The highest BCUT2D eigenvalue weighted by atomic mass is 31.2. The van der Waals surface area contributed by atoms with Gasteiger partial charge in [-0.2, -0.15) is 0 Å². The normalized spacial score (nSPS) is 14.1. The van der Waals surface area contributed by atoms with E-state index in [1.807, 2.05) is 0 Å². The number of ether oxygens (including phenoxy) is 2. The Bertz CT molecular complexity index is 1730. The van der Waals surface area contributed by atoms with Crippen molar-refractivity contribution in [2.75, 3.05) is 26.4 Å². The van der Waals surface area contributed by atoms with E-state index in [1.165, 1.54) is 70.6 Å². The molecule has 0 radical (unpaired) electrons. The van der Waals surface area contributed by atoms with Crippen molar-refractivity contribution in [3.8, 4) is 0 Å². The van der Waals surface area contributed by atoms with Crippen LogP contribution >= 0.6 is 7.82 Å². The van der Waals surface area contributed by atoms with E-state index in [1.54, 1.807) is 0 Å². The summed E-state index contributed by atoms with van der Waals surface area (Å²) in [6.45, 7) is 3.44.